The summed E-state index contributed by atoms with van der Waals surface area (Å²) in [6.07, 6.45) is 0.0571. The first-order chi connectivity index (χ1) is 15.5. The SMILES string of the molecule is O=C(CCN1C(=O)c2ccccc2C1=O)N1CCN(C(=O)c2ccc3c(c2)OCO3)CC1. The summed E-state index contributed by atoms with van der Waals surface area (Å²) in [6, 6.07) is 11.8. The van der Waals surface area contributed by atoms with E-state index < -0.39 is 0 Å². The first kappa shape index (κ1) is 20.0. The molecule has 0 N–H and O–H groups in total. The van der Waals surface area contributed by atoms with Crippen molar-refractivity contribution in [2.24, 2.45) is 0 Å². The van der Waals surface area contributed by atoms with Gasteiger partial charge in [-0.05, 0) is 30.3 Å². The Morgan fingerprint density at radius 3 is 2.12 bits per heavy atom. The molecule has 5 rings (SSSR count). The van der Waals surface area contributed by atoms with Gasteiger partial charge in [-0.25, -0.2) is 0 Å². The number of rotatable bonds is 4. The van der Waals surface area contributed by atoms with Crippen molar-refractivity contribution in [3.63, 3.8) is 0 Å². The second-order valence-corrected chi connectivity index (χ2v) is 7.80. The number of fused-ring (bicyclic) bond motifs is 2. The Hall–Kier alpha value is -3.88. The molecule has 0 spiro atoms. The number of piperazine rings is 1. The van der Waals surface area contributed by atoms with Crippen LogP contribution < -0.4 is 9.47 Å². The highest BCUT2D eigenvalue weighted by Gasteiger charge is 2.35. The van der Waals surface area contributed by atoms with Gasteiger partial charge in [0.25, 0.3) is 17.7 Å². The molecule has 0 unspecified atom stereocenters. The minimum Gasteiger partial charge on any atom is -0.454 e. The maximum absolute atomic E-state index is 12.8. The number of hydrogen-bond acceptors (Lipinski definition) is 6. The zero-order valence-corrected chi connectivity index (χ0v) is 17.3. The van der Waals surface area contributed by atoms with Crippen LogP contribution in [0.2, 0.25) is 0 Å². The van der Waals surface area contributed by atoms with E-state index in [0.29, 0.717) is 54.4 Å². The lowest BCUT2D eigenvalue weighted by Gasteiger charge is -2.35. The fourth-order valence-corrected chi connectivity index (χ4v) is 4.18. The van der Waals surface area contributed by atoms with E-state index in [1.807, 2.05) is 0 Å². The van der Waals surface area contributed by atoms with E-state index in [-0.39, 0.29) is 43.4 Å². The summed E-state index contributed by atoms with van der Waals surface area (Å²) in [5.74, 6) is 0.182. The second-order valence-electron chi connectivity index (χ2n) is 7.80. The third kappa shape index (κ3) is 3.45. The molecular weight excluding hydrogens is 414 g/mol. The Balaban J connectivity index is 1.14. The van der Waals surface area contributed by atoms with E-state index in [9.17, 15) is 19.2 Å². The normalized spacial score (nSPS) is 17.1. The van der Waals surface area contributed by atoms with Crippen molar-refractivity contribution in [3.8, 4) is 11.5 Å². The highest BCUT2D eigenvalue weighted by Crippen LogP contribution is 2.33. The van der Waals surface area contributed by atoms with Crippen LogP contribution in [-0.2, 0) is 4.79 Å². The number of nitrogens with zero attached hydrogens (tertiary/aromatic N) is 3. The first-order valence-corrected chi connectivity index (χ1v) is 10.4. The van der Waals surface area contributed by atoms with Crippen LogP contribution in [0.4, 0.5) is 0 Å². The van der Waals surface area contributed by atoms with Crippen molar-refractivity contribution < 1.29 is 28.7 Å². The second kappa shape index (κ2) is 7.99. The maximum atomic E-state index is 12.8. The molecule has 3 aliphatic heterocycles. The molecule has 4 amide bonds. The highest BCUT2D eigenvalue weighted by molar-refractivity contribution is 6.21. The van der Waals surface area contributed by atoms with Gasteiger partial charge in [0.1, 0.15) is 0 Å². The fraction of sp³-hybridized carbons (Fsp3) is 0.304. The van der Waals surface area contributed by atoms with Crippen molar-refractivity contribution in [2.75, 3.05) is 39.5 Å². The van der Waals surface area contributed by atoms with E-state index in [1.54, 1.807) is 52.3 Å². The smallest absolute Gasteiger partial charge is 0.261 e. The minimum atomic E-state index is -0.363. The summed E-state index contributed by atoms with van der Waals surface area (Å²) >= 11 is 0. The first-order valence-electron chi connectivity index (χ1n) is 10.4. The van der Waals surface area contributed by atoms with E-state index in [4.69, 9.17) is 9.47 Å². The van der Waals surface area contributed by atoms with Gasteiger partial charge >= 0.3 is 0 Å². The van der Waals surface area contributed by atoms with Crippen molar-refractivity contribution in [3.05, 3.63) is 59.2 Å². The van der Waals surface area contributed by atoms with Crippen LogP contribution in [0.1, 0.15) is 37.5 Å². The third-order valence-electron chi connectivity index (χ3n) is 5.97. The van der Waals surface area contributed by atoms with E-state index in [1.165, 1.54) is 0 Å². The summed E-state index contributed by atoms with van der Waals surface area (Å²) in [5, 5.41) is 0. The van der Waals surface area contributed by atoms with Crippen LogP contribution in [0.5, 0.6) is 11.5 Å². The Morgan fingerprint density at radius 2 is 1.44 bits per heavy atom. The average molecular weight is 435 g/mol. The number of imide groups is 1. The lowest BCUT2D eigenvalue weighted by Crippen LogP contribution is -2.51. The molecule has 2 aromatic carbocycles. The molecule has 2 aromatic rings. The molecule has 1 fully saturated rings. The number of carbonyl (C=O) groups excluding carboxylic acids is 4. The molecule has 3 aliphatic rings. The van der Waals surface area contributed by atoms with Crippen molar-refractivity contribution >= 4 is 23.6 Å². The number of carbonyl (C=O) groups is 4. The molecule has 32 heavy (non-hydrogen) atoms. The number of benzene rings is 2. The van der Waals surface area contributed by atoms with E-state index in [2.05, 4.69) is 0 Å². The Bertz CT molecular complexity index is 1090. The molecule has 9 nitrogen and oxygen atoms in total. The monoisotopic (exact) mass is 435 g/mol. The van der Waals surface area contributed by atoms with Gasteiger partial charge in [-0.3, -0.25) is 24.1 Å². The maximum Gasteiger partial charge on any atom is 0.261 e. The largest absolute Gasteiger partial charge is 0.454 e. The summed E-state index contributed by atoms with van der Waals surface area (Å²) in [4.78, 5) is 54.8. The summed E-state index contributed by atoms with van der Waals surface area (Å²) < 4.78 is 10.6. The Labute approximate surface area is 184 Å². The molecule has 0 aromatic heterocycles. The fourth-order valence-electron chi connectivity index (χ4n) is 4.18. The topological polar surface area (TPSA) is 96.5 Å². The van der Waals surface area contributed by atoms with E-state index >= 15 is 0 Å². The van der Waals surface area contributed by atoms with Gasteiger partial charge < -0.3 is 19.3 Å². The quantitative estimate of drug-likeness (QED) is 0.674. The molecule has 0 aliphatic carbocycles. The van der Waals surface area contributed by atoms with Gasteiger partial charge in [0.2, 0.25) is 12.7 Å². The Morgan fingerprint density at radius 1 is 0.812 bits per heavy atom. The molecule has 1 saturated heterocycles. The van der Waals surface area contributed by atoms with Crippen LogP contribution in [0.25, 0.3) is 0 Å². The van der Waals surface area contributed by atoms with Crippen LogP contribution in [0, 0.1) is 0 Å². The molecule has 9 heteroatoms. The Kier molecular flexibility index (Phi) is 5.01. The summed E-state index contributed by atoms with van der Waals surface area (Å²) in [7, 11) is 0. The van der Waals surface area contributed by atoms with Crippen molar-refractivity contribution in [2.45, 2.75) is 6.42 Å². The van der Waals surface area contributed by atoms with E-state index in [0.717, 1.165) is 4.90 Å². The van der Waals surface area contributed by atoms with Crippen LogP contribution in [0.3, 0.4) is 0 Å². The average Bonchev–Trinajstić information content (AvgIpc) is 3.40. The van der Waals surface area contributed by atoms with Gasteiger partial charge in [0.15, 0.2) is 11.5 Å². The lowest BCUT2D eigenvalue weighted by atomic mass is 10.1. The predicted molar refractivity (Wildman–Crippen MR) is 111 cm³/mol. The van der Waals surface area contributed by atoms with Gasteiger partial charge in [-0.1, -0.05) is 12.1 Å². The highest BCUT2D eigenvalue weighted by atomic mass is 16.7. The van der Waals surface area contributed by atoms with Crippen LogP contribution in [-0.4, -0.2) is 77.8 Å². The van der Waals surface area contributed by atoms with Crippen molar-refractivity contribution in [1.29, 1.82) is 0 Å². The minimum absolute atomic E-state index is 0.0432. The molecule has 0 bridgehead atoms. The zero-order valence-electron chi connectivity index (χ0n) is 17.3. The van der Waals surface area contributed by atoms with Gasteiger partial charge in [0, 0.05) is 44.7 Å². The standard InChI is InChI=1S/C23H21N3O6/c27-20(7-8-26-22(29)16-3-1-2-4-17(16)23(26)30)24-9-11-25(12-10-24)21(28)15-5-6-18-19(13-15)32-14-31-18/h1-6,13H,7-12,14H2. The molecule has 3 heterocycles. The zero-order chi connectivity index (χ0) is 22.2. The molecule has 0 atom stereocenters. The van der Waals surface area contributed by atoms with Gasteiger partial charge in [-0.15, -0.1) is 0 Å². The van der Waals surface area contributed by atoms with Gasteiger partial charge in [0.05, 0.1) is 11.1 Å². The van der Waals surface area contributed by atoms with Crippen LogP contribution >= 0.6 is 0 Å². The van der Waals surface area contributed by atoms with Crippen LogP contribution in [0.15, 0.2) is 42.5 Å². The van der Waals surface area contributed by atoms with Crippen molar-refractivity contribution in [1.82, 2.24) is 14.7 Å². The predicted octanol–water partition coefficient (Wildman–Crippen LogP) is 1.39. The molecule has 164 valence electrons. The van der Waals surface area contributed by atoms with Gasteiger partial charge in [-0.2, -0.15) is 0 Å². The third-order valence-corrected chi connectivity index (χ3v) is 5.97. The molecule has 0 saturated carbocycles. The molecule has 0 radical (unpaired) electrons. The summed E-state index contributed by atoms with van der Waals surface area (Å²) in [6.45, 7) is 1.81. The number of hydrogen-bond donors (Lipinski definition) is 0. The lowest BCUT2D eigenvalue weighted by molar-refractivity contribution is -0.132. The summed E-state index contributed by atoms with van der Waals surface area (Å²) in [5.41, 5.74) is 1.26. The molecular formula is C23H21N3O6. The number of ether oxygens (including phenoxy) is 2. The number of amides is 4.